The summed E-state index contributed by atoms with van der Waals surface area (Å²) in [7, 11) is 0. The van der Waals surface area contributed by atoms with E-state index in [1.807, 2.05) is 20.8 Å². The van der Waals surface area contributed by atoms with Gasteiger partial charge >= 0.3 is 12.2 Å². The van der Waals surface area contributed by atoms with Crippen molar-refractivity contribution in [1.29, 1.82) is 0 Å². The van der Waals surface area contributed by atoms with Gasteiger partial charge in [-0.1, -0.05) is 13.0 Å². The number of alkyl halides is 3. The molecule has 0 spiro atoms. The molecule has 1 aromatic heterocycles. The molecule has 0 aliphatic carbocycles. The Morgan fingerprint density at radius 3 is 2.59 bits per heavy atom. The third-order valence-electron chi connectivity index (χ3n) is 5.22. The van der Waals surface area contributed by atoms with Crippen molar-refractivity contribution in [2.24, 2.45) is 0 Å². The summed E-state index contributed by atoms with van der Waals surface area (Å²) in [5.74, 6) is -0.761. The molecule has 1 aliphatic rings. The first-order valence-corrected chi connectivity index (χ1v) is 10.1. The van der Waals surface area contributed by atoms with Crippen LogP contribution in [0.4, 0.5) is 35.4 Å². The number of hydrogen-bond acceptors (Lipinski definition) is 5. The summed E-state index contributed by atoms with van der Waals surface area (Å²) in [5, 5.41) is 2.78. The maximum Gasteiger partial charge on any atom is 0.416 e. The predicted octanol–water partition coefficient (Wildman–Crippen LogP) is 3.83. The number of nitrogens with one attached hydrogen (secondary N) is 1. The molecule has 1 unspecified atom stereocenters. The van der Waals surface area contributed by atoms with Gasteiger partial charge in [-0.2, -0.15) is 18.2 Å². The van der Waals surface area contributed by atoms with Crippen LogP contribution in [0, 0.1) is 0 Å². The topological polar surface area (TPSA) is 104 Å². The molecular formula is C21H25F3N6O2. The number of carbonyl (C=O) groups excluding carboxylic acids is 2. The van der Waals surface area contributed by atoms with Crippen molar-refractivity contribution in [3.8, 4) is 0 Å². The predicted molar refractivity (Wildman–Crippen MR) is 114 cm³/mol. The minimum atomic E-state index is -4.55. The Morgan fingerprint density at radius 2 is 2.06 bits per heavy atom. The number of amides is 3. The molecule has 2 heterocycles. The van der Waals surface area contributed by atoms with E-state index in [4.69, 9.17) is 5.73 Å². The molecule has 3 rings (SSSR count). The zero-order valence-corrected chi connectivity index (χ0v) is 18.2. The van der Waals surface area contributed by atoms with Gasteiger partial charge < -0.3 is 16.0 Å². The Labute approximate surface area is 183 Å². The zero-order valence-electron chi connectivity index (χ0n) is 18.2. The fourth-order valence-corrected chi connectivity index (χ4v) is 3.42. The van der Waals surface area contributed by atoms with Crippen LogP contribution in [-0.4, -0.2) is 40.0 Å². The largest absolute Gasteiger partial charge is 0.416 e. The lowest BCUT2D eigenvalue weighted by Gasteiger charge is -2.29. The highest BCUT2D eigenvalue weighted by Gasteiger charge is 2.37. The lowest BCUT2D eigenvalue weighted by molar-refractivity contribution is -0.137. The van der Waals surface area contributed by atoms with Gasteiger partial charge in [0.2, 0.25) is 5.95 Å². The number of nitrogens with two attached hydrogens (primary N) is 1. The zero-order chi connectivity index (χ0) is 23.8. The van der Waals surface area contributed by atoms with Crippen LogP contribution >= 0.6 is 0 Å². The molecule has 1 atom stereocenters. The number of urea groups is 1. The molecule has 3 amide bonds. The van der Waals surface area contributed by atoms with Gasteiger partial charge in [-0.25, -0.2) is 9.78 Å². The first-order chi connectivity index (χ1) is 14.8. The van der Waals surface area contributed by atoms with Crippen molar-refractivity contribution in [2.45, 2.75) is 51.9 Å². The van der Waals surface area contributed by atoms with Crippen LogP contribution in [-0.2, 0) is 6.18 Å². The first kappa shape index (κ1) is 23.3. The molecule has 3 N–H and O–H groups in total. The van der Waals surface area contributed by atoms with Gasteiger partial charge in [-0.15, -0.1) is 0 Å². The van der Waals surface area contributed by atoms with Crippen LogP contribution in [0.25, 0.3) is 0 Å². The number of nitrogens with zero attached hydrogens (tertiary/aromatic N) is 4. The van der Waals surface area contributed by atoms with Gasteiger partial charge in [0.05, 0.1) is 17.6 Å². The van der Waals surface area contributed by atoms with Gasteiger partial charge in [-0.05, 0) is 45.4 Å². The van der Waals surface area contributed by atoms with Crippen LogP contribution in [0.5, 0.6) is 0 Å². The highest BCUT2D eigenvalue weighted by Crippen LogP contribution is 2.33. The molecule has 1 aromatic carbocycles. The number of rotatable bonds is 5. The Balaban J connectivity index is 1.97. The molecule has 32 heavy (non-hydrogen) atoms. The summed E-state index contributed by atoms with van der Waals surface area (Å²) in [4.78, 5) is 36.3. The minimum Gasteiger partial charge on any atom is -0.383 e. The van der Waals surface area contributed by atoms with Gasteiger partial charge in [0, 0.05) is 17.9 Å². The van der Waals surface area contributed by atoms with Crippen LogP contribution < -0.4 is 20.9 Å². The number of hydrogen-bond donors (Lipinski definition) is 2. The summed E-state index contributed by atoms with van der Waals surface area (Å²) in [6.07, 6.45) is -2.86. The standard InChI is InChI=1S/C21H25F3N6O2/c1-5-12(2)30(14-8-6-7-13(9-14)21(22,23)24)17(31)15-10-26-18(27-16(15)25)29-11-20(3,4)28-19(29)32/h6-10,12H,5,11H2,1-4H3,(H,28,32)(H2,25,26,27). The van der Waals surface area contributed by atoms with Crippen molar-refractivity contribution < 1.29 is 22.8 Å². The normalized spacial score (nSPS) is 16.6. The highest BCUT2D eigenvalue weighted by molar-refractivity contribution is 6.09. The van der Waals surface area contributed by atoms with E-state index < -0.39 is 35.3 Å². The van der Waals surface area contributed by atoms with E-state index in [1.165, 1.54) is 28.1 Å². The second-order valence-electron chi connectivity index (χ2n) is 8.35. The second kappa shape index (κ2) is 8.29. The fraction of sp³-hybridized carbons (Fsp3) is 0.429. The van der Waals surface area contributed by atoms with E-state index >= 15 is 0 Å². The average molecular weight is 450 g/mol. The van der Waals surface area contributed by atoms with Crippen molar-refractivity contribution in [1.82, 2.24) is 15.3 Å². The molecule has 0 radical (unpaired) electrons. The number of carbonyl (C=O) groups is 2. The summed E-state index contributed by atoms with van der Waals surface area (Å²) < 4.78 is 39.6. The summed E-state index contributed by atoms with van der Waals surface area (Å²) >= 11 is 0. The monoisotopic (exact) mass is 450 g/mol. The van der Waals surface area contributed by atoms with E-state index in [-0.39, 0.29) is 23.0 Å². The first-order valence-electron chi connectivity index (χ1n) is 10.1. The molecule has 1 saturated heterocycles. The molecule has 172 valence electrons. The van der Waals surface area contributed by atoms with E-state index in [0.717, 1.165) is 12.1 Å². The van der Waals surface area contributed by atoms with Crippen molar-refractivity contribution in [3.63, 3.8) is 0 Å². The highest BCUT2D eigenvalue weighted by atomic mass is 19.4. The summed E-state index contributed by atoms with van der Waals surface area (Å²) in [6.45, 7) is 7.52. The third-order valence-corrected chi connectivity index (χ3v) is 5.22. The number of anilines is 3. The lowest BCUT2D eigenvalue weighted by atomic mass is 10.1. The SMILES string of the molecule is CCC(C)N(C(=O)c1cnc(N2CC(C)(C)NC2=O)nc1N)c1cccc(C(F)(F)F)c1. The fourth-order valence-electron chi connectivity index (χ4n) is 3.42. The van der Waals surface area contributed by atoms with Crippen LogP contribution in [0.1, 0.15) is 50.0 Å². The van der Waals surface area contributed by atoms with Crippen molar-refractivity contribution in [2.75, 3.05) is 22.1 Å². The second-order valence-corrected chi connectivity index (χ2v) is 8.35. The molecular weight excluding hydrogens is 425 g/mol. The van der Waals surface area contributed by atoms with Gasteiger partial charge in [0.15, 0.2) is 0 Å². The van der Waals surface area contributed by atoms with Crippen LogP contribution in [0.15, 0.2) is 30.5 Å². The van der Waals surface area contributed by atoms with E-state index in [2.05, 4.69) is 15.3 Å². The molecule has 0 bridgehead atoms. The van der Waals surface area contributed by atoms with Gasteiger partial charge in [0.1, 0.15) is 11.4 Å². The Hall–Kier alpha value is -3.37. The molecule has 0 saturated carbocycles. The van der Waals surface area contributed by atoms with E-state index in [9.17, 15) is 22.8 Å². The minimum absolute atomic E-state index is 0.0382. The third kappa shape index (κ3) is 4.61. The quantitative estimate of drug-likeness (QED) is 0.721. The molecule has 8 nitrogen and oxygen atoms in total. The number of benzene rings is 1. The van der Waals surface area contributed by atoms with E-state index in [0.29, 0.717) is 13.0 Å². The van der Waals surface area contributed by atoms with Crippen LogP contribution in [0.3, 0.4) is 0 Å². The number of halogens is 3. The maximum atomic E-state index is 13.3. The molecule has 11 heteroatoms. The van der Waals surface area contributed by atoms with Crippen LogP contribution in [0.2, 0.25) is 0 Å². The Bertz CT molecular complexity index is 1040. The number of nitrogen functional groups attached to an aromatic ring is 1. The maximum absolute atomic E-state index is 13.3. The Kier molecular flexibility index (Phi) is 6.03. The van der Waals surface area contributed by atoms with Gasteiger partial charge in [-0.3, -0.25) is 9.69 Å². The van der Waals surface area contributed by atoms with Crippen molar-refractivity contribution in [3.05, 3.63) is 41.6 Å². The summed E-state index contributed by atoms with van der Waals surface area (Å²) in [5.41, 5.74) is 4.70. The smallest absolute Gasteiger partial charge is 0.383 e. The Morgan fingerprint density at radius 1 is 1.38 bits per heavy atom. The average Bonchev–Trinajstić information content (AvgIpc) is 2.99. The lowest BCUT2D eigenvalue weighted by Crippen LogP contribution is -2.39. The van der Waals surface area contributed by atoms with Gasteiger partial charge in [0.25, 0.3) is 5.91 Å². The summed E-state index contributed by atoms with van der Waals surface area (Å²) in [6, 6.07) is 3.73. The molecule has 2 aromatic rings. The van der Waals surface area contributed by atoms with Crippen molar-refractivity contribution >= 4 is 29.4 Å². The number of aromatic nitrogens is 2. The molecule has 1 aliphatic heterocycles. The van der Waals surface area contributed by atoms with E-state index in [1.54, 1.807) is 6.92 Å². The molecule has 1 fully saturated rings.